The van der Waals surface area contributed by atoms with Crippen molar-refractivity contribution in [2.24, 2.45) is 27.3 Å². The zero-order valence-corrected chi connectivity index (χ0v) is 10.0. The van der Waals surface area contributed by atoms with Crippen LogP contribution in [0.3, 0.4) is 0 Å². The van der Waals surface area contributed by atoms with Crippen LogP contribution in [0, 0.1) is 22.2 Å². The molecule has 3 aliphatic rings. The summed E-state index contributed by atoms with van der Waals surface area (Å²) in [6, 6.07) is 0. The van der Waals surface area contributed by atoms with Gasteiger partial charge in [0.2, 0.25) is 0 Å². The van der Waals surface area contributed by atoms with Gasteiger partial charge in [-0.25, -0.2) is 4.21 Å². The normalized spacial score (nSPS) is 51.7. The molecule has 3 aliphatic carbocycles. The van der Waals surface area contributed by atoms with Crippen LogP contribution >= 0.6 is 0 Å². The molecule has 0 aromatic heterocycles. The molecule has 4 unspecified atom stereocenters. The molecular weight excluding hydrogens is 210 g/mol. The van der Waals surface area contributed by atoms with Crippen molar-refractivity contribution in [1.82, 2.24) is 0 Å². The van der Waals surface area contributed by atoms with Crippen molar-refractivity contribution in [2.75, 3.05) is 5.75 Å². The lowest BCUT2D eigenvalue weighted by molar-refractivity contribution is -0.137. The second kappa shape index (κ2) is 2.38. The largest absolute Gasteiger partial charge is 0.299 e. The molecule has 3 nitrogen and oxygen atoms in total. The van der Waals surface area contributed by atoms with Gasteiger partial charge in [-0.3, -0.25) is 9.93 Å². The second-order valence-electron chi connectivity index (χ2n) is 5.98. The third-order valence-electron chi connectivity index (χ3n) is 5.64. The molecule has 1 spiro atoms. The Labute approximate surface area is 92.4 Å². The summed E-state index contributed by atoms with van der Waals surface area (Å²) in [4.78, 5) is 12.0. The summed E-state index contributed by atoms with van der Waals surface area (Å²) in [6.07, 6.45) is 2.74. The molecule has 3 fully saturated rings. The van der Waals surface area contributed by atoms with Crippen LogP contribution in [0.25, 0.3) is 0 Å². The molecule has 3 rings (SSSR count). The van der Waals surface area contributed by atoms with E-state index in [0.29, 0.717) is 23.9 Å². The number of nitrogens with two attached hydrogens (primary N) is 1. The summed E-state index contributed by atoms with van der Waals surface area (Å²) < 4.78 is 11.2. The minimum absolute atomic E-state index is 0.173. The average Bonchev–Trinajstić information content (AvgIpc) is 2.52. The van der Waals surface area contributed by atoms with E-state index in [2.05, 4.69) is 13.8 Å². The highest BCUT2D eigenvalue weighted by molar-refractivity contribution is 7.82. The Hall–Kier alpha value is -0.220. The maximum atomic E-state index is 12.0. The highest BCUT2D eigenvalue weighted by Crippen LogP contribution is 2.89. The SMILES string of the molecule is CC1(C)C2CC(=O)C3(CS(N)=O)CCC231. The monoisotopic (exact) mass is 227 g/mol. The molecule has 0 bridgehead atoms. The summed E-state index contributed by atoms with van der Waals surface area (Å²) in [7, 11) is -1.34. The van der Waals surface area contributed by atoms with Gasteiger partial charge >= 0.3 is 0 Å². The summed E-state index contributed by atoms with van der Waals surface area (Å²) in [5.74, 6) is 1.26. The molecule has 0 aliphatic heterocycles. The van der Waals surface area contributed by atoms with Crippen molar-refractivity contribution in [1.29, 1.82) is 0 Å². The Balaban J connectivity index is 2.02. The van der Waals surface area contributed by atoms with E-state index in [1.807, 2.05) is 0 Å². The predicted molar refractivity (Wildman–Crippen MR) is 58.2 cm³/mol. The molecule has 0 amide bonds. The lowest BCUT2D eigenvalue weighted by Gasteiger charge is -2.49. The zero-order chi connectivity index (χ0) is 11.1. The van der Waals surface area contributed by atoms with Crippen LogP contribution < -0.4 is 5.14 Å². The second-order valence-corrected chi connectivity index (χ2v) is 7.03. The number of hydrogen-bond donors (Lipinski definition) is 1. The van der Waals surface area contributed by atoms with Crippen LogP contribution in [0.1, 0.15) is 33.1 Å². The molecule has 0 aromatic carbocycles. The van der Waals surface area contributed by atoms with Crippen LogP contribution in [0.5, 0.6) is 0 Å². The van der Waals surface area contributed by atoms with Crippen molar-refractivity contribution in [3.05, 3.63) is 0 Å². The number of rotatable bonds is 2. The molecule has 0 radical (unpaired) electrons. The molecule has 3 saturated carbocycles. The lowest BCUT2D eigenvalue weighted by Crippen LogP contribution is -2.52. The van der Waals surface area contributed by atoms with E-state index >= 15 is 0 Å². The fourth-order valence-corrected chi connectivity index (χ4v) is 5.88. The Bertz CT molecular complexity index is 392. The van der Waals surface area contributed by atoms with Crippen LogP contribution in [0.4, 0.5) is 0 Å². The van der Waals surface area contributed by atoms with E-state index in [1.54, 1.807) is 0 Å². The first kappa shape index (κ1) is 9.97. The highest BCUT2D eigenvalue weighted by Gasteiger charge is 2.88. The van der Waals surface area contributed by atoms with E-state index < -0.39 is 11.0 Å². The molecule has 84 valence electrons. The summed E-state index contributed by atoms with van der Waals surface area (Å²) >= 11 is 0. The van der Waals surface area contributed by atoms with Gasteiger partial charge in [-0.1, -0.05) is 13.8 Å². The Morgan fingerprint density at radius 3 is 2.60 bits per heavy atom. The number of hydrogen-bond acceptors (Lipinski definition) is 2. The summed E-state index contributed by atoms with van der Waals surface area (Å²) in [5.41, 5.74) is 0.144. The smallest absolute Gasteiger partial charge is 0.140 e. The predicted octanol–water partition coefficient (Wildman–Crippen LogP) is 1.00. The van der Waals surface area contributed by atoms with Crippen molar-refractivity contribution in [2.45, 2.75) is 33.1 Å². The minimum atomic E-state index is -1.34. The van der Waals surface area contributed by atoms with E-state index in [0.717, 1.165) is 12.8 Å². The molecule has 0 saturated heterocycles. The fraction of sp³-hybridized carbons (Fsp3) is 0.909. The number of carbonyl (C=O) groups excluding carboxylic acids is 1. The number of ketones is 1. The van der Waals surface area contributed by atoms with Gasteiger partial charge in [-0.2, -0.15) is 0 Å². The van der Waals surface area contributed by atoms with Gasteiger partial charge in [0.1, 0.15) is 5.78 Å². The average molecular weight is 227 g/mol. The standard InChI is InChI=1S/C11H17NO2S/c1-9(2)7-5-8(13)10(6-15(12)14)3-4-11(7,9)10/h7H,3-6,12H2,1-2H3. The van der Waals surface area contributed by atoms with Gasteiger partial charge in [0.15, 0.2) is 0 Å². The van der Waals surface area contributed by atoms with Crippen molar-refractivity contribution >= 4 is 16.8 Å². The van der Waals surface area contributed by atoms with Crippen LogP contribution in [-0.4, -0.2) is 15.7 Å². The van der Waals surface area contributed by atoms with Gasteiger partial charge in [-0.15, -0.1) is 0 Å². The molecule has 0 heterocycles. The first-order valence-electron chi connectivity index (χ1n) is 5.54. The summed E-state index contributed by atoms with van der Waals surface area (Å²) in [5, 5.41) is 5.40. The fourth-order valence-electron chi connectivity index (χ4n) is 4.83. The number of carbonyl (C=O) groups is 1. The minimum Gasteiger partial charge on any atom is -0.299 e. The van der Waals surface area contributed by atoms with Crippen molar-refractivity contribution in [3.8, 4) is 0 Å². The van der Waals surface area contributed by atoms with E-state index in [9.17, 15) is 9.00 Å². The van der Waals surface area contributed by atoms with E-state index in [1.165, 1.54) is 0 Å². The van der Waals surface area contributed by atoms with E-state index in [-0.39, 0.29) is 16.2 Å². The van der Waals surface area contributed by atoms with Gasteiger partial charge in [-0.05, 0) is 29.6 Å². The summed E-state index contributed by atoms with van der Waals surface area (Å²) in [6.45, 7) is 4.49. The quantitative estimate of drug-likeness (QED) is 0.765. The van der Waals surface area contributed by atoms with Crippen LogP contribution in [0.2, 0.25) is 0 Å². The Kier molecular flexibility index (Phi) is 1.58. The first-order valence-corrected chi connectivity index (χ1v) is 6.93. The van der Waals surface area contributed by atoms with Gasteiger partial charge in [0.05, 0.1) is 16.7 Å². The molecule has 2 N–H and O–H groups in total. The molecule has 4 atom stereocenters. The Morgan fingerprint density at radius 1 is 1.47 bits per heavy atom. The zero-order valence-electron chi connectivity index (χ0n) is 9.21. The van der Waals surface area contributed by atoms with Crippen molar-refractivity contribution < 1.29 is 9.00 Å². The van der Waals surface area contributed by atoms with Gasteiger partial charge in [0, 0.05) is 11.8 Å². The topological polar surface area (TPSA) is 60.2 Å². The number of Topliss-reactive ketones (excluding diaryl/α,β-unsaturated/α-hetero) is 1. The van der Waals surface area contributed by atoms with E-state index in [4.69, 9.17) is 5.14 Å². The lowest BCUT2D eigenvalue weighted by atomic mass is 9.55. The van der Waals surface area contributed by atoms with Gasteiger partial charge < -0.3 is 0 Å². The van der Waals surface area contributed by atoms with Crippen LogP contribution in [0.15, 0.2) is 0 Å². The maximum absolute atomic E-state index is 12.0. The molecular formula is C11H17NO2S. The van der Waals surface area contributed by atoms with Crippen LogP contribution in [-0.2, 0) is 15.8 Å². The van der Waals surface area contributed by atoms with Crippen molar-refractivity contribution in [3.63, 3.8) is 0 Å². The maximum Gasteiger partial charge on any atom is 0.140 e. The molecule has 0 aromatic rings. The first-order chi connectivity index (χ1) is 6.88. The highest BCUT2D eigenvalue weighted by atomic mass is 32.2. The van der Waals surface area contributed by atoms with Gasteiger partial charge in [0.25, 0.3) is 0 Å². The molecule has 15 heavy (non-hydrogen) atoms. The third kappa shape index (κ3) is 0.772. The molecule has 4 heteroatoms. The Morgan fingerprint density at radius 2 is 2.13 bits per heavy atom. The third-order valence-corrected chi connectivity index (χ3v) is 6.42.